The lowest BCUT2D eigenvalue weighted by Crippen LogP contribution is -1.98. The third-order valence-corrected chi connectivity index (χ3v) is 3.75. The Balaban J connectivity index is 1.72. The molecule has 3 rings (SSSR count). The fourth-order valence-corrected chi connectivity index (χ4v) is 2.53. The predicted octanol–water partition coefficient (Wildman–Crippen LogP) is 4.67. The van der Waals surface area contributed by atoms with Crippen LogP contribution in [0.2, 0.25) is 0 Å². The molecule has 7 heteroatoms. The highest BCUT2D eigenvalue weighted by Gasteiger charge is 2.11. The summed E-state index contributed by atoms with van der Waals surface area (Å²) in [7, 11) is 0. The van der Waals surface area contributed by atoms with E-state index in [0.29, 0.717) is 5.13 Å². The minimum absolute atomic E-state index is 0.156. The quantitative estimate of drug-likeness (QED) is 0.428. The van der Waals surface area contributed by atoms with Crippen molar-refractivity contribution in [3.63, 3.8) is 0 Å². The van der Waals surface area contributed by atoms with Crippen LogP contribution in [0.1, 0.15) is 5.56 Å². The lowest BCUT2D eigenvalue weighted by molar-refractivity contribution is 0.446. The summed E-state index contributed by atoms with van der Waals surface area (Å²) in [6.45, 7) is 0. The summed E-state index contributed by atoms with van der Waals surface area (Å²) in [6, 6.07) is 11.5. The van der Waals surface area contributed by atoms with Crippen molar-refractivity contribution in [1.82, 2.24) is 4.98 Å². The molecule has 0 unspecified atom stereocenters. The highest BCUT2D eigenvalue weighted by Crippen LogP contribution is 2.24. The molecule has 1 aromatic heterocycles. The van der Waals surface area contributed by atoms with Gasteiger partial charge in [-0.25, -0.2) is 18.2 Å². The van der Waals surface area contributed by atoms with Gasteiger partial charge in [0.1, 0.15) is 0 Å². The topological polar surface area (TPSA) is 37.3 Å². The van der Waals surface area contributed by atoms with Crippen molar-refractivity contribution in [3.8, 4) is 11.3 Å². The predicted molar refractivity (Wildman–Crippen MR) is 85.1 cm³/mol. The molecule has 3 aromatic rings. The van der Waals surface area contributed by atoms with E-state index in [0.717, 1.165) is 29.6 Å². The Kier molecular flexibility index (Phi) is 4.38. The van der Waals surface area contributed by atoms with E-state index in [4.69, 9.17) is 0 Å². The molecule has 0 aliphatic carbocycles. The minimum Gasteiger partial charge on any atom is -0.253 e. The number of benzene rings is 2. The van der Waals surface area contributed by atoms with Crippen molar-refractivity contribution in [3.05, 3.63) is 70.9 Å². The molecule has 0 amide bonds. The van der Waals surface area contributed by atoms with Crippen LogP contribution in [-0.2, 0) is 0 Å². The second kappa shape index (κ2) is 6.62. The van der Waals surface area contributed by atoms with Gasteiger partial charge in [-0.15, -0.1) is 11.3 Å². The Labute approximate surface area is 134 Å². The van der Waals surface area contributed by atoms with Gasteiger partial charge in [0.15, 0.2) is 17.5 Å². The van der Waals surface area contributed by atoms with Crippen LogP contribution in [-0.4, -0.2) is 11.2 Å². The van der Waals surface area contributed by atoms with Crippen molar-refractivity contribution >= 4 is 22.7 Å². The fourth-order valence-electron chi connectivity index (χ4n) is 1.86. The standard InChI is InChI=1S/C16H10F3N3S/c17-12-7-6-11(14(18)15(12)19)8-20-22-16-21-13(9-23-16)10-4-2-1-3-5-10/h1-9H,(H,21,22). The first-order valence-corrected chi connectivity index (χ1v) is 7.46. The normalized spacial score (nSPS) is 11.1. The summed E-state index contributed by atoms with van der Waals surface area (Å²) in [5.74, 6) is -4.03. The molecule has 0 aliphatic heterocycles. The molecule has 0 fully saturated rings. The zero-order chi connectivity index (χ0) is 16.2. The molecular formula is C16H10F3N3S. The van der Waals surface area contributed by atoms with Crippen LogP contribution in [0.4, 0.5) is 18.3 Å². The first-order chi connectivity index (χ1) is 11.1. The summed E-state index contributed by atoms with van der Waals surface area (Å²) in [6.07, 6.45) is 1.07. The van der Waals surface area contributed by atoms with Crippen LogP contribution in [0, 0.1) is 17.5 Å². The molecule has 2 aromatic carbocycles. The van der Waals surface area contributed by atoms with E-state index in [1.807, 2.05) is 35.7 Å². The summed E-state index contributed by atoms with van der Waals surface area (Å²) in [5, 5.41) is 6.15. The molecule has 0 radical (unpaired) electrons. The van der Waals surface area contributed by atoms with Crippen LogP contribution in [0.25, 0.3) is 11.3 Å². The first-order valence-electron chi connectivity index (χ1n) is 6.58. The Hall–Kier alpha value is -2.67. The van der Waals surface area contributed by atoms with Gasteiger partial charge in [0.25, 0.3) is 0 Å². The summed E-state index contributed by atoms with van der Waals surface area (Å²) >= 11 is 1.33. The maximum atomic E-state index is 13.5. The number of hydrogen-bond acceptors (Lipinski definition) is 4. The Bertz CT molecular complexity index is 847. The second-order valence-electron chi connectivity index (χ2n) is 4.54. The van der Waals surface area contributed by atoms with Crippen LogP contribution >= 0.6 is 11.3 Å². The number of hydrazone groups is 1. The molecule has 0 bridgehead atoms. The van der Waals surface area contributed by atoms with Crippen LogP contribution < -0.4 is 5.43 Å². The van der Waals surface area contributed by atoms with E-state index in [1.165, 1.54) is 11.3 Å². The van der Waals surface area contributed by atoms with Gasteiger partial charge in [-0.1, -0.05) is 30.3 Å². The van der Waals surface area contributed by atoms with E-state index in [1.54, 1.807) is 0 Å². The van der Waals surface area contributed by atoms with Crippen molar-refractivity contribution in [2.75, 3.05) is 5.43 Å². The second-order valence-corrected chi connectivity index (χ2v) is 5.40. The third kappa shape index (κ3) is 3.40. The largest absolute Gasteiger partial charge is 0.253 e. The van der Waals surface area contributed by atoms with Gasteiger partial charge in [0, 0.05) is 16.5 Å². The Morgan fingerprint density at radius 3 is 2.57 bits per heavy atom. The number of thiazole rings is 1. The molecule has 0 saturated heterocycles. The average Bonchev–Trinajstić information content (AvgIpc) is 3.05. The Morgan fingerprint density at radius 1 is 1.00 bits per heavy atom. The molecule has 116 valence electrons. The Morgan fingerprint density at radius 2 is 1.78 bits per heavy atom. The summed E-state index contributed by atoms with van der Waals surface area (Å²) in [5.41, 5.74) is 4.23. The molecule has 0 atom stereocenters. The summed E-state index contributed by atoms with van der Waals surface area (Å²) in [4.78, 5) is 4.33. The van der Waals surface area contributed by atoms with E-state index >= 15 is 0 Å². The van der Waals surface area contributed by atoms with Crippen LogP contribution in [0.5, 0.6) is 0 Å². The van der Waals surface area contributed by atoms with Crippen LogP contribution in [0.15, 0.2) is 52.9 Å². The van der Waals surface area contributed by atoms with E-state index in [9.17, 15) is 13.2 Å². The number of aromatic nitrogens is 1. The zero-order valence-electron chi connectivity index (χ0n) is 11.6. The molecule has 0 aliphatic rings. The van der Waals surface area contributed by atoms with Gasteiger partial charge in [-0.2, -0.15) is 5.10 Å². The molecule has 3 nitrogen and oxygen atoms in total. The van der Waals surface area contributed by atoms with Gasteiger partial charge in [-0.3, -0.25) is 5.43 Å². The molecule has 1 heterocycles. The zero-order valence-corrected chi connectivity index (χ0v) is 12.4. The number of nitrogens with zero attached hydrogens (tertiary/aromatic N) is 2. The first kappa shape index (κ1) is 15.2. The van der Waals surface area contributed by atoms with Gasteiger partial charge >= 0.3 is 0 Å². The average molecular weight is 333 g/mol. The van der Waals surface area contributed by atoms with Gasteiger partial charge in [0.2, 0.25) is 5.13 Å². The van der Waals surface area contributed by atoms with Crippen molar-refractivity contribution < 1.29 is 13.2 Å². The molecule has 1 N–H and O–H groups in total. The van der Waals surface area contributed by atoms with Crippen LogP contribution in [0.3, 0.4) is 0 Å². The van der Waals surface area contributed by atoms with Gasteiger partial charge < -0.3 is 0 Å². The monoisotopic (exact) mass is 333 g/mol. The molecule has 23 heavy (non-hydrogen) atoms. The number of rotatable bonds is 4. The number of halogens is 3. The maximum Gasteiger partial charge on any atom is 0.203 e. The van der Waals surface area contributed by atoms with E-state index < -0.39 is 17.5 Å². The molecule has 0 saturated carbocycles. The molecular weight excluding hydrogens is 323 g/mol. The SMILES string of the molecule is Fc1ccc(C=NNc2nc(-c3ccccc3)cs2)c(F)c1F. The van der Waals surface area contributed by atoms with Crippen molar-refractivity contribution in [1.29, 1.82) is 0 Å². The smallest absolute Gasteiger partial charge is 0.203 e. The minimum atomic E-state index is -1.52. The lowest BCUT2D eigenvalue weighted by atomic mass is 10.2. The van der Waals surface area contributed by atoms with E-state index in [-0.39, 0.29) is 5.56 Å². The number of anilines is 1. The highest BCUT2D eigenvalue weighted by atomic mass is 32.1. The van der Waals surface area contributed by atoms with Crippen molar-refractivity contribution in [2.45, 2.75) is 0 Å². The maximum absolute atomic E-state index is 13.5. The van der Waals surface area contributed by atoms with Gasteiger partial charge in [0.05, 0.1) is 11.9 Å². The lowest BCUT2D eigenvalue weighted by Gasteiger charge is -1.99. The number of hydrogen-bond donors (Lipinski definition) is 1. The van der Waals surface area contributed by atoms with Gasteiger partial charge in [-0.05, 0) is 12.1 Å². The third-order valence-electron chi connectivity index (χ3n) is 3.00. The molecule has 0 spiro atoms. The highest BCUT2D eigenvalue weighted by molar-refractivity contribution is 7.14. The van der Waals surface area contributed by atoms with E-state index in [2.05, 4.69) is 15.5 Å². The number of nitrogens with one attached hydrogen (secondary N) is 1. The fraction of sp³-hybridized carbons (Fsp3) is 0. The summed E-state index contributed by atoms with van der Waals surface area (Å²) < 4.78 is 39.4. The van der Waals surface area contributed by atoms with Crippen molar-refractivity contribution in [2.24, 2.45) is 5.10 Å².